The molecule has 1 aromatic rings. The number of thioether (sulfide) groups is 1. The van der Waals surface area contributed by atoms with Gasteiger partial charge in [-0.25, -0.2) is 0 Å². The molecule has 2 bridgehead atoms. The van der Waals surface area contributed by atoms with Crippen molar-refractivity contribution in [2.75, 3.05) is 0 Å². The van der Waals surface area contributed by atoms with E-state index in [1.165, 1.54) is 6.07 Å². The van der Waals surface area contributed by atoms with Crippen LogP contribution in [0.4, 0.5) is 13.2 Å². The van der Waals surface area contributed by atoms with Gasteiger partial charge in [-0.2, -0.15) is 24.9 Å². The average Bonchev–Trinajstić information content (AvgIpc) is 2.76. The van der Waals surface area contributed by atoms with Crippen LogP contribution in [0.2, 0.25) is 0 Å². The molecule has 3 heterocycles. The molecule has 1 aromatic heterocycles. The summed E-state index contributed by atoms with van der Waals surface area (Å²) in [5.41, 5.74) is -0.847. The normalized spacial score (nSPS) is 29.4. The molecular formula is C14H14F3NOS. The van der Waals surface area contributed by atoms with Gasteiger partial charge in [-0.05, 0) is 37.8 Å². The van der Waals surface area contributed by atoms with Gasteiger partial charge in [0, 0.05) is 28.2 Å². The van der Waals surface area contributed by atoms with Gasteiger partial charge in [0.1, 0.15) is 5.69 Å². The summed E-state index contributed by atoms with van der Waals surface area (Å²) in [4.78, 5) is 15.7. The molecule has 0 aliphatic carbocycles. The molecule has 3 rings (SSSR count). The lowest BCUT2D eigenvalue weighted by atomic mass is 9.90. The van der Waals surface area contributed by atoms with Crippen LogP contribution in [0.3, 0.4) is 0 Å². The highest BCUT2D eigenvalue weighted by Gasteiger charge is 2.39. The summed E-state index contributed by atoms with van der Waals surface area (Å²) in [6.07, 6.45) is 0.417. The molecule has 2 unspecified atom stereocenters. The maximum Gasteiger partial charge on any atom is 0.433 e. The fourth-order valence-corrected chi connectivity index (χ4v) is 4.82. The van der Waals surface area contributed by atoms with E-state index < -0.39 is 11.9 Å². The first kappa shape index (κ1) is 13.9. The second-order valence-corrected chi connectivity index (χ2v) is 7.02. The van der Waals surface area contributed by atoms with E-state index in [0.29, 0.717) is 10.5 Å². The van der Waals surface area contributed by atoms with E-state index in [1.807, 2.05) is 11.8 Å². The molecule has 0 N–H and O–H groups in total. The first-order chi connectivity index (χ1) is 9.43. The lowest BCUT2D eigenvalue weighted by molar-refractivity contribution is -0.141. The Bertz CT molecular complexity index is 519. The van der Waals surface area contributed by atoms with E-state index in [-0.39, 0.29) is 17.3 Å². The van der Waals surface area contributed by atoms with Gasteiger partial charge in [-0.3, -0.25) is 9.78 Å². The van der Waals surface area contributed by atoms with E-state index in [4.69, 9.17) is 0 Å². The van der Waals surface area contributed by atoms with Crippen LogP contribution in [-0.2, 0) is 6.18 Å². The summed E-state index contributed by atoms with van der Waals surface area (Å²) in [6, 6.07) is 2.27. The smallest absolute Gasteiger partial charge is 0.294 e. The van der Waals surface area contributed by atoms with E-state index in [9.17, 15) is 18.0 Å². The Hall–Kier alpha value is -1.04. The molecule has 0 aromatic carbocycles. The van der Waals surface area contributed by atoms with Crippen molar-refractivity contribution in [2.45, 2.75) is 42.4 Å². The number of carbonyl (C=O) groups excluding carboxylic acids is 1. The van der Waals surface area contributed by atoms with Gasteiger partial charge in [0.25, 0.3) is 0 Å². The maximum atomic E-state index is 12.6. The molecule has 0 spiro atoms. The standard InChI is InChI=1S/C14H14F3NOS/c15-14(16,17)12-7-8(3-4-18-12)13(19)9-5-10-1-2-11(6-9)20-10/h3-4,7,9-11H,1-2,5-6H2. The number of rotatable bonds is 2. The molecule has 20 heavy (non-hydrogen) atoms. The van der Waals surface area contributed by atoms with Crippen molar-refractivity contribution in [3.8, 4) is 0 Å². The molecule has 0 radical (unpaired) electrons. The monoisotopic (exact) mass is 301 g/mol. The van der Waals surface area contributed by atoms with Gasteiger partial charge in [0.05, 0.1) is 0 Å². The van der Waals surface area contributed by atoms with Crippen LogP contribution in [0.15, 0.2) is 18.3 Å². The summed E-state index contributed by atoms with van der Waals surface area (Å²) < 4.78 is 37.9. The zero-order chi connectivity index (χ0) is 14.3. The molecule has 2 aliphatic rings. The van der Waals surface area contributed by atoms with E-state index in [2.05, 4.69) is 4.98 Å². The third-order valence-electron chi connectivity index (χ3n) is 4.00. The number of ketones is 1. The predicted molar refractivity (Wildman–Crippen MR) is 70.7 cm³/mol. The Kier molecular flexibility index (Phi) is 3.52. The average molecular weight is 301 g/mol. The lowest BCUT2D eigenvalue weighted by Crippen LogP contribution is -2.25. The van der Waals surface area contributed by atoms with E-state index >= 15 is 0 Å². The van der Waals surface area contributed by atoms with Gasteiger partial charge in [-0.1, -0.05) is 0 Å². The van der Waals surface area contributed by atoms with Crippen molar-refractivity contribution < 1.29 is 18.0 Å². The minimum Gasteiger partial charge on any atom is -0.294 e. The number of aromatic nitrogens is 1. The van der Waals surface area contributed by atoms with Crippen molar-refractivity contribution in [1.29, 1.82) is 0 Å². The lowest BCUT2D eigenvalue weighted by Gasteiger charge is -2.26. The minimum absolute atomic E-state index is 0.128. The first-order valence-corrected chi connectivity index (χ1v) is 7.60. The molecule has 108 valence electrons. The third-order valence-corrected chi connectivity index (χ3v) is 5.62. The topological polar surface area (TPSA) is 30.0 Å². The Morgan fingerprint density at radius 3 is 2.50 bits per heavy atom. The van der Waals surface area contributed by atoms with E-state index in [0.717, 1.165) is 37.9 Å². The highest BCUT2D eigenvalue weighted by atomic mass is 32.2. The number of alkyl halides is 3. The summed E-state index contributed by atoms with van der Waals surface area (Å²) in [6.45, 7) is 0. The molecule has 2 aliphatic heterocycles. The number of Topliss-reactive ketones (excluding diaryl/α,β-unsaturated/α-hetero) is 1. The number of nitrogens with zero attached hydrogens (tertiary/aromatic N) is 1. The third kappa shape index (κ3) is 2.71. The molecule has 2 nitrogen and oxygen atoms in total. The Balaban J connectivity index is 1.80. The van der Waals surface area contributed by atoms with Crippen LogP contribution < -0.4 is 0 Å². The molecule has 0 amide bonds. The molecule has 6 heteroatoms. The predicted octanol–water partition coefficient (Wildman–Crippen LogP) is 3.96. The van der Waals surface area contributed by atoms with Crippen LogP contribution in [0.1, 0.15) is 41.7 Å². The Labute approximate surface area is 119 Å². The van der Waals surface area contributed by atoms with Gasteiger partial charge in [0.2, 0.25) is 0 Å². The van der Waals surface area contributed by atoms with Crippen LogP contribution in [0.5, 0.6) is 0 Å². The van der Waals surface area contributed by atoms with E-state index in [1.54, 1.807) is 0 Å². The number of hydrogen-bond acceptors (Lipinski definition) is 3. The molecule has 2 atom stereocenters. The molecule has 2 saturated heterocycles. The Morgan fingerprint density at radius 2 is 1.90 bits per heavy atom. The summed E-state index contributed by atoms with van der Waals surface area (Å²) >= 11 is 1.93. The van der Waals surface area contributed by atoms with Crippen LogP contribution >= 0.6 is 11.8 Å². The van der Waals surface area contributed by atoms with Gasteiger partial charge in [0.15, 0.2) is 5.78 Å². The van der Waals surface area contributed by atoms with Crippen LogP contribution in [0, 0.1) is 5.92 Å². The van der Waals surface area contributed by atoms with Gasteiger partial charge >= 0.3 is 6.18 Å². The summed E-state index contributed by atoms with van der Waals surface area (Å²) in [5, 5.41) is 1.01. The number of pyridine rings is 1. The largest absolute Gasteiger partial charge is 0.433 e. The van der Waals surface area contributed by atoms with Crippen molar-refractivity contribution in [3.05, 3.63) is 29.6 Å². The van der Waals surface area contributed by atoms with Crippen molar-refractivity contribution in [3.63, 3.8) is 0 Å². The number of fused-ring (bicyclic) bond motifs is 2. The van der Waals surface area contributed by atoms with Crippen molar-refractivity contribution >= 4 is 17.5 Å². The summed E-state index contributed by atoms with van der Waals surface area (Å²) in [5.74, 6) is -0.285. The van der Waals surface area contributed by atoms with Gasteiger partial charge in [-0.15, -0.1) is 0 Å². The number of hydrogen-bond donors (Lipinski definition) is 0. The maximum absolute atomic E-state index is 12.6. The highest BCUT2D eigenvalue weighted by Crippen LogP contribution is 2.46. The van der Waals surface area contributed by atoms with Crippen molar-refractivity contribution in [1.82, 2.24) is 4.98 Å². The molecule has 0 saturated carbocycles. The Morgan fingerprint density at radius 1 is 1.25 bits per heavy atom. The highest BCUT2D eigenvalue weighted by molar-refractivity contribution is 8.00. The van der Waals surface area contributed by atoms with Crippen molar-refractivity contribution in [2.24, 2.45) is 5.92 Å². The SMILES string of the molecule is O=C(c1ccnc(C(F)(F)F)c1)C1CC2CCC(C1)S2. The number of halogens is 3. The quantitative estimate of drug-likeness (QED) is 0.775. The molecule has 2 fully saturated rings. The minimum atomic E-state index is -4.50. The van der Waals surface area contributed by atoms with Gasteiger partial charge < -0.3 is 0 Å². The number of carbonyl (C=O) groups is 1. The zero-order valence-corrected chi connectivity index (χ0v) is 11.5. The first-order valence-electron chi connectivity index (χ1n) is 6.66. The van der Waals surface area contributed by atoms with Crippen LogP contribution in [0.25, 0.3) is 0 Å². The second-order valence-electron chi connectivity index (χ2n) is 5.42. The second kappa shape index (κ2) is 5.06. The fraction of sp³-hybridized carbons (Fsp3) is 0.571. The summed E-state index contributed by atoms with van der Waals surface area (Å²) in [7, 11) is 0. The fourth-order valence-electron chi connectivity index (χ4n) is 3.05. The van der Waals surface area contributed by atoms with Crippen LogP contribution in [-0.4, -0.2) is 21.3 Å². The molecular weight excluding hydrogens is 287 g/mol. The zero-order valence-electron chi connectivity index (χ0n) is 10.7.